The van der Waals surface area contributed by atoms with Gasteiger partial charge in [-0.2, -0.15) is 0 Å². The van der Waals surface area contributed by atoms with Crippen LogP contribution < -0.4 is 4.74 Å². The van der Waals surface area contributed by atoms with E-state index in [4.69, 9.17) is 4.74 Å². The van der Waals surface area contributed by atoms with Crippen molar-refractivity contribution in [3.63, 3.8) is 0 Å². The Hall–Kier alpha value is -3.80. The number of fused-ring (bicyclic) bond motifs is 2. The SMILES string of the molecule is Cc1nc2ccc(-c3ccc4c(c3)CN(C(=O)N3CCCC3c3ccccc3)CCO4)cc2n1C. The number of ether oxygens (including phenoxy) is 1. The molecule has 0 bridgehead atoms. The van der Waals surface area contributed by atoms with Gasteiger partial charge in [-0.3, -0.25) is 0 Å². The maximum Gasteiger partial charge on any atom is 0.320 e. The van der Waals surface area contributed by atoms with Crippen LogP contribution in [0.15, 0.2) is 66.7 Å². The molecule has 2 aliphatic heterocycles. The van der Waals surface area contributed by atoms with Gasteiger partial charge in [0.05, 0.1) is 30.2 Å². The van der Waals surface area contributed by atoms with E-state index in [0.717, 1.165) is 58.7 Å². The lowest BCUT2D eigenvalue weighted by atomic mass is 10.0. The summed E-state index contributed by atoms with van der Waals surface area (Å²) in [5, 5.41) is 0. The molecule has 6 heteroatoms. The third-order valence-corrected chi connectivity index (χ3v) is 7.43. The fraction of sp³-hybridized carbons (Fsp3) is 0.310. The van der Waals surface area contributed by atoms with Crippen LogP contribution in [0, 0.1) is 6.92 Å². The molecule has 1 atom stereocenters. The molecule has 1 saturated heterocycles. The molecule has 3 aromatic carbocycles. The summed E-state index contributed by atoms with van der Waals surface area (Å²) in [5.74, 6) is 1.86. The Kier molecular flexibility index (Phi) is 5.44. The zero-order valence-corrected chi connectivity index (χ0v) is 20.3. The summed E-state index contributed by atoms with van der Waals surface area (Å²) in [7, 11) is 2.05. The Morgan fingerprint density at radius 2 is 1.80 bits per heavy atom. The van der Waals surface area contributed by atoms with Crippen molar-refractivity contribution < 1.29 is 9.53 Å². The lowest BCUT2D eigenvalue weighted by Crippen LogP contribution is -2.43. The van der Waals surface area contributed by atoms with Crippen molar-refractivity contribution in [1.82, 2.24) is 19.4 Å². The number of urea groups is 1. The van der Waals surface area contributed by atoms with E-state index in [1.54, 1.807) is 0 Å². The summed E-state index contributed by atoms with van der Waals surface area (Å²) < 4.78 is 8.18. The molecule has 1 aromatic heterocycles. The van der Waals surface area contributed by atoms with Crippen molar-refractivity contribution in [2.45, 2.75) is 32.4 Å². The van der Waals surface area contributed by atoms with Crippen molar-refractivity contribution in [2.24, 2.45) is 7.05 Å². The highest BCUT2D eigenvalue weighted by Crippen LogP contribution is 2.35. The predicted octanol–water partition coefficient (Wildman–Crippen LogP) is 5.70. The number of benzene rings is 3. The van der Waals surface area contributed by atoms with Crippen LogP contribution in [0.3, 0.4) is 0 Å². The Bertz CT molecular complexity index is 1390. The third kappa shape index (κ3) is 3.93. The van der Waals surface area contributed by atoms with Gasteiger partial charge in [0.1, 0.15) is 18.2 Å². The van der Waals surface area contributed by atoms with Gasteiger partial charge < -0.3 is 19.1 Å². The Morgan fingerprint density at radius 1 is 1.00 bits per heavy atom. The van der Waals surface area contributed by atoms with Crippen molar-refractivity contribution >= 4 is 17.1 Å². The maximum absolute atomic E-state index is 13.7. The highest BCUT2D eigenvalue weighted by atomic mass is 16.5. The van der Waals surface area contributed by atoms with Gasteiger partial charge in [0.25, 0.3) is 0 Å². The van der Waals surface area contributed by atoms with Crippen LogP contribution in [0.25, 0.3) is 22.2 Å². The first-order chi connectivity index (χ1) is 17.1. The second-order valence-corrected chi connectivity index (χ2v) is 9.56. The smallest absolute Gasteiger partial charge is 0.320 e. The quantitative estimate of drug-likeness (QED) is 0.381. The number of nitrogens with zero attached hydrogens (tertiary/aromatic N) is 4. The Balaban J connectivity index is 1.28. The lowest BCUT2D eigenvalue weighted by molar-refractivity contribution is 0.141. The van der Waals surface area contributed by atoms with Gasteiger partial charge in [0, 0.05) is 19.2 Å². The molecule has 2 aliphatic rings. The van der Waals surface area contributed by atoms with E-state index in [1.807, 2.05) is 35.9 Å². The molecule has 2 amide bonds. The standard InChI is InChI=1S/C29H30N4O2/c1-20-30-25-12-10-23(18-27(25)31(20)2)22-11-13-28-24(17-22)19-32(15-16-35-28)29(34)33-14-6-9-26(33)21-7-4-3-5-8-21/h3-5,7-8,10-13,17-18,26H,6,9,14-16,19H2,1-2H3. The van der Waals surface area contributed by atoms with Crippen LogP contribution in [0.4, 0.5) is 4.79 Å². The van der Waals surface area contributed by atoms with E-state index in [-0.39, 0.29) is 12.1 Å². The van der Waals surface area contributed by atoms with Gasteiger partial charge in [-0.25, -0.2) is 9.78 Å². The number of hydrogen-bond donors (Lipinski definition) is 0. The number of aryl methyl sites for hydroxylation is 2. The highest BCUT2D eigenvalue weighted by Gasteiger charge is 2.33. The van der Waals surface area contributed by atoms with Crippen molar-refractivity contribution in [3.8, 4) is 16.9 Å². The number of rotatable bonds is 2. The number of carbonyl (C=O) groups is 1. The van der Waals surface area contributed by atoms with Crippen LogP contribution in [-0.4, -0.2) is 45.1 Å². The largest absolute Gasteiger partial charge is 0.491 e. The maximum atomic E-state index is 13.7. The monoisotopic (exact) mass is 466 g/mol. The number of hydrogen-bond acceptors (Lipinski definition) is 3. The summed E-state index contributed by atoms with van der Waals surface area (Å²) in [4.78, 5) is 22.3. The van der Waals surface area contributed by atoms with E-state index in [9.17, 15) is 4.79 Å². The zero-order valence-electron chi connectivity index (χ0n) is 20.3. The molecule has 0 N–H and O–H groups in total. The molecule has 4 aromatic rings. The summed E-state index contributed by atoms with van der Waals surface area (Å²) in [6.45, 7) is 4.46. The lowest BCUT2D eigenvalue weighted by Gasteiger charge is -2.31. The topological polar surface area (TPSA) is 50.6 Å². The van der Waals surface area contributed by atoms with Crippen LogP contribution in [0.5, 0.6) is 5.75 Å². The normalized spacial score (nSPS) is 17.8. The molecule has 1 fully saturated rings. The summed E-state index contributed by atoms with van der Waals surface area (Å²) in [6, 6.07) is 23.3. The minimum atomic E-state index is 0.102. The van der Waals surface area contributed by atoms with E-state index in [1.165, 1.54) is 5.56 Å². The van der Waals surface area contributed by atoms with E-state index in [2.05, 4.69) is 64.1 Å². The molecule has 3 heterocycles. The average molecular weight is 467 g/mol. The number of carbonyl (C=O) groups excluding carboxylic acids is 1. The third-order valence-electron chi connectivity index (χ3n) is 7.43. The van der Waals surface area contributed by atoms with Crippen molar-refractivity contribution in [2.75, 3.05) is 19.7 Å². The summed E-state index contributed by atoms with van der Waals surface area (Å²) in [5.41, 5.74) is 6.63. The van der Waals surface area contributed by atoms with Crippen molar-refractivity contribution in [3.05, 3.63) is 83.7 Å². The first-order valence-electron chi connectivity index (χ1n) is 12.4. The first-order valence-corrected chi connectivity index (χ1v) is 12.4. The minimum Gasteiger partial charge on any atom is -0.491 e. The van der Waals surface area contributed by atoms with Gasteiger partial charge >= 0.3 is 6.03 Å². The van der Waals surface area contributed by atoms with Gasteiger partial charge in [0.2, 0.25) is 0 Å². The molecule has 6 rings (SSSR count). The Morgan fingerprint density at radius 3 is 2.66 bits per heavy atom. The molecule has 1 unspecified atom stereocenters. The second kappa shape index (κ2) is 8.77. The molecule has 0 spiro atoms. The van der Waals surface area contributed by atoms with E-state index in [0.29, 0.717) is 19.7 Å². The zero-order chi connectivity index (χ0) is 23.9. The molecule has 0 saturated carbocycles. The highest BCUT2D eigenvalue weighted by molar-refractivity contribution is 5.83. The van der Waals surface area contributed by atoms with Crippen LogP contribution in [-0.2, 0) is 13.6 Å². The molecule has 0 aliphatic carbocycles. The average Bonchev–Trinajstić information content (AvgIpc) is 3.41. The van der Waals surface area contributed by atoms with E-state index >= 15 is 0 Å². The van der Waals surface area contributed by atoms with Crippen LogP contribution in [0.1, 0.15) is 35.8 Å². The number of imidazole rings is 1. The molecule has 35 heavy (non-hydrogen) atoms. The van der Waals surface area contributed by atoms with Gasteiger partial charge in [0.15, 0.2) is 0 Å². The minimum absolute atomic E-state index is 0.102. The molecule has 178 valence electrons. The van der Waals surface area contributed by atoms with Gasteiger partial charge in [-0.15, -0.1) is 0 Å². The van der Waals surface area contributed by atoms with Crippen LogP contribution >= 0.6 is 0 Å². The molecule has 6 nitrogen and oxygen atoms in total. The number of aromatic nitrogens is 2. The van der Waals surface area contributed by atoms with Gasteiger partial charge in [-0.1, -0.05) is 42.5 Å². The summed E-state index contributed by atoms with van der Waals surface area (Å²) >= 11 is 0. The number of amides is 2. The second-order valence-electron chi connectivity index (χ2n) is 9.56. The molecule has 0 radical (unpaired) electrons. The van der Waals surface area contributed by atoms with Gasteiger partial charge in [-0.05, 0) is 60.7 Å². The first kappa shape index (κ1) is 21.7. The summed E-state index contributed by atoms with van der Waals surface area (Å²) in [6.07, 6.45) is 2.04. The Labute approximate surface area is 205 Å². The molecular formula is C29H30N4O2. The fourth-order valence-electron chi connectivity index (χ4n) is 5.43. The predicted molar refractivity (Wildman–Crippen MR) is 137 cm³/mol. The fourth-order valence-corrected chi connectivity index (χ4v) is 5.43. The van der Waals surface area contributed by atoms with E-state index < -0.39 is 0 Å². The van der Waals surface area contributed by atoms with Crippen LogP contribution in [0.2, 0.25) is 0 Å². The van der Waals surface area contributed by atoms with Crippen molar-refractivity contribution in [1.29, 1.82) is 0 Å². The molecular weight excluding hydrogens is 436 g/mol. The number of likely N-dealkylation sites (tertiary alicyclic amines) is 1.